The molecule has 32 heavy (non-hydrogen) atoms. The van der Waals surface area contributed by atoms with Crippen LogP contribution < -0.4 is 0 Å². The number of unbranched alkanes of at least 4 members (excludes halogenated alkanes) is 15. The van der Waals surface area contributed by atoms with E-state index < -0.39 is 23.5 Å². The highest BCUT2D eigenvalue weighted by atomic mass is 19.4. The van der Waals surface area contributed by atoms with Gasteiger partial charge in [0.15, 0.2) is 0 Å². The number of hydrogen-bond acceptors (Lipinski definition) is 2. The molecular formula is C26H40F4O2. The van der Waals surface area contributed by atoms with E-state index in [4.69, 9.17) is 4.74 Å². The van der Waals surface area contributed by atoms with Gasteiger partial charge in [0.2, 0.25) is 0 Å². The van der Waals surface area contributed by atoms with E-state index in [9.17, 15) is 22.4 Å². The summed E-state index contributed by atoms with van der Waals surface area (Å²) in [6.45, 7) is 2.41. The van der Waals surface area contributed by atoms with Crippen molar-refractivity contribution in [2.75, 3.05) is 6.61 Å². The van der Waals surface area contributed by atoms with E-state index in [0.29, 0.717) is 18.6 Å². The molecule has 0 aliphatic heterocycles. The summed E-state index contributed by atoms with van der Waals surface area (Å²) in [6.07, 6.45) is 15.0. The van der Waals surface area contributed by atoms with Crippen molar-refractivity contribution >= 4 is 5.97 Å². The Morgan fingerprint density at radius 1 is 0.750 bits per heavy atom. The van der Waals surface area contributed by atoms with Gasteiger partial charge < -0.3 is 4.74 Å². The van der Waals surface area contributed by atoms with Crippen molar-refractivity contribution in [1.82, 2.24) is 0 Å². The van der Waals surface area contributed by atoms with Crippen LogP contribution in [0.15, 0.2) is 18.2 Å². The fourth-order valence-corrected chi connectivity index (χ4v) is 3.77. The third-order valence-corrected chi connectivity index (χ3v) is 5.74. The Morgan fingerprint density at radius 2 is 1.19 bits per heavy atom. The maximum Gasteiger partial charge on any atom is 0.419 e. The Kier molecular flexibility index (Phi) is 15.1. The van der Waals surface area contributed by atoms with E-state index >= 15 is 0 Å². The third kappa shape index (κ3) is 13.1. The first kappa shape index (κ1) is 28.4. The van der Waals surface area contributed by atoms with E-state index in [0.717, 1.165) is 25.3 Å². The second-order valence-electron chi connectivity index (χ2n) is 8.63. The summed E-state index contributed by atoms with van der Waals surface area (Å²) in [5.41, 5.74) is -1.73. The Labute approximate surface area is 191 Å². The molecule has 0 aliphatic rings. The van der Waals surface area contributed by atoms with Crippen molar-refractivity contribution in [3.05, 3.63) is 35.1 Å². The van der Waals surface area contributed by atoms with Crippen LogP contribution in [0, 0.1) is 5.82 Å². The molecule has 1 aromatic carbocycles. The van der Waals surface area contributed by atoms with Crippen LogP contribution in [0.3, 0.4) is 0 Å². The number of esters is 1. The summed E-state index contributed by atoms with van der Waals surface area (Å²) in [5, 5.41) is 0. The molecule has 0 unspecified atom stereocenters. The number of carbonyl (C=O) groups is 1. The fraction of sp³-hybridized carbons (Fsp3) is 0.731. The zero-order valence-electron chi connectivity index (χ0n) is 19.6. The Balaban J connectivity index is 1.97. The van der Waals surface area contributed by atoms with Gasteiger partial charge >= 0.3 is 12.1 Å². The van der Waals surface area contributed by atoms with E-state index in [1.54, 1.807) is 0 Å². The Bertz CT molecular complexity index is 629. The lowest BCUT2D eigenvalue weighted by Crippen LogP contribution is -2.12. The fourth-order valence-electron chi connectivity index (χ4n) is 3.77. The Morgan fingerprint density at radius 3 is 1.62 bits per heavy atom. The zero-order chi connectivity index (χ0) is 23.7. The molecule has 0 bridgehead atoms. The first-order chi connectivity index (χ1) is 15.4. The SMILES string of the molecule is CCCCCCCCCCCCCCCCCCOC(=O)c1ccc(F)c(C(F)(F)F)c1. The third-order valence-electron chi connectivity index (χ3n) is 5.74. The summed E-state index contributed by atoms with van der Waals surface area (Å²) in [4.78, 5) is 11.9. The van der Waals surface area contributed by atoms with Crippen molar-refractivity contribution in [2.24, 2.45) is 0 Å². The molecule has 0 saturated carbocycles. The van der Waals surface area contributed by atoms with Gasteiger partial charge in [-0.2, -0.15) is 13.2 Å². The first-order valence-corrected chi connectivity index (χ1v) is 12.4. The summed E-state index contributed by atoms with van der Waals surface area (Å²) < 4.78 is 56.5. The van der Waals surface area contributed by atoms with Gasteiger partial charge in [-0.25, -0.2) is 9.18 Å². The molecule has 0 aliphatic carbocycles. The number of rotatable bonds is 18. The molecule has 0 N–H and O–H groups in total. The van der Waals surface area contributed by atoms with Gasteiger partial charge in [0.25, 0.3) is 0 Å². The molecule has 0 spiro atoms. The summed E-state index contributed by atoms with van der Waals surface area (Å²) in [5.74, 6) is -2.25. The number of alkyl halides is 3. The van der Waals surface area contributed by atoms with Crippen LogP contribution in [0.4, 0.5) is 17.6 Å². The number of carbonyl (C=O) groups excluding carboxylic acids is 1. The number of hydrogen-bond donors (Lipinski definition) is 0. The van der Waals surface area contributed by atoms with Crippen LogP contribution >= 0.6 is 0 Å². The molecule has 6 heteroatoms. The number of ether oxygens (including phenoxy) is 1. The molecule has 0 atom stereocenters. The molecule has 0 fully saturated rings. The average Bonchev–Trinajstić information content (AvgIpc) is 2.75. The van der Waals surface area contributed by atoms with Gasteiger partial charge in [-0.1, -0.05) is 103 Å². The van der Waals surface area contributed by atoms with Crippen LogP contribution in [-0.4, -0.2) is 12.6 Å². The lowest BCUT2D eigenvalue weighted by molar-refractivity contribution is -0.140. The van der Waals surface area contributed by atoms with E-state index in [1.807, 2.05) is 0 Å². The van der Waals surface area contributed by atoms with Gasteiger partial charge in [0, 0.05) is 0 Å². The maximum absolute atomic E-state index is 13.3. The van der Waals surface area contributed by atoms with Crippen LogP contribution in [0.2, 0.25) is 0 Å². The molecule has 184 valence electrons. The highest BCUT2D eigenvalue weighted by Gasteiger charge is 2.34. The van der Waals surface area contributed by atoms with Crippen molar-refractivity contribution in [3.63, 3.8) is 0 Å². The van der Waals surface area contributed by atoms with Gasteiger partial charge in [0.1, 0.15) is 5.82 Å². The van der Waals surface area contributed by atoms with E-state index in [-0.39, 0.29) is 12.2 Å². The van der Waals surface area contributed by atoms with Crippen LogP contribution in [0.5, 0.6) is 0 Å². The standard InChI is InChI=1S/C26H40F4O2/c1-2-3-4-5-6-7-8-9-10-11-12-13-14-15-16-17-20-32-25(31)22-18-19-24(27)23(21-22)26(28,29)30/h18-19,21H,2-17,20H2,1H3. The summed E-state index contributed by atoms with van der Waals surface area (Å²) in [6, 6.07) is 2.17. The highest BCUT2D eigenvalue weighted by molar-refractivity contribution is 5.89. The quantitative estimate of drug-likeness (QED) is 0.124. The lowest BCUT2D eigenvalue weighted by atomic mass is 10.0. The lowest BCUT2D eigenvalue weighted by Gasteiger charge is -2.10. The molecule has 0 heterocycles. The topological polar surface area (TPSA) is 26.3 Å². The molecule has 0 amide bonds. The molecule has 0 saturated heterocycles. The van der Waals surface area contributed by atoms with Crippen molar-refractivity contribution in [2.45, 2.75) is 116 Å². The molecule has 1 aromatic rings. The molecule has 2 nitrogen and oxygen atoms in total. The first-order valence-electron chi connectivity index (χ1n) is 12.4. The monoisotopic (exact) mass is 460 g/mol. The highest BCUT2D eigenvalue weighted by Crippen LogP contribution is 2.32. The normalized spacial score (nSPS) is 11.7. The molecule has 0 aromatic heterocycles. The minimum absolute atomic E-state index is 0.163. The van der Waals surface area contributed by atoms with Crippen LogP contribution in [-0.2, 0) is 10.9 Å². The van der Waals surface area contributed by atoms with Gasteiger partial charge in [-0.05, 0) is 24.6 Å². The van der Waals surface area contributed by atoms with Gasteiger partial charge in [-0.15, -0.1) is 0 Å². The number of halogens is 4. The Hall–Kier alpha value is -1.59. The van der Waals surface area contributed by atoms with E-state index in [1.165, 1.54) is 77.0 Å². The second kappa shape index (κ2) is 17.0. The number of benzene rings is 1. The second-order valence-corrected chi connectivity index (χ2v) is 8.63. The smallest absolute Gasteiger partial charge is 0.419 e. The zero-order valence-corrected chi connectivity index (χ0v) is 19.6. The van der Waals surface area contributed by atoms with Crippen LogP contribution in [0.25, 0.3) is 0 Å². The van der Waals surface area contributed by atoms with E-state index in [2.05, 4.69) is 6.92 Å². The van der Waals surface area contributed by atoms with Crippen molar-refractivity contribution < 1.29 is 27.1 Å². The largest absolute Gasteiger partial charge is 0.462 e. The van der Waals surface area contributed by atoms with Gasteiger partial charge in [0.05, 0.1) is 17.7 Å². The summed E-state index contributed by atoms with van der Waals surface area (Å²) in [7, 11) is 0. The predicted molar refractivity (Wildman–Crippen MR) is 121 cm³/mol. The van der Waals surface area contributed by atoms with Gasteiger partial charge in [-0.3, -0.25) is 0 Å². The average molecular weight is 461 g/mol. The molecular weight excluding hydrogens is 420 g/mol. The van der Waals surface area contributed by atoms with Crippen molar-refractivity contribution in [3.8, 4) is 0 Å². The molecule has 0 radical (unpaired) electrons. The van der Waals surface area contributed by atoms with Crippen LogP contribution in [0.1, 0.15) is 126 Å². The minimum atomic E-state index is -4.84. The predicted octanol–water partition coefficient (Wildman–Crippen LogP) is 9.26. The maximum atomic E-state index is 13.3. The van der Waals surface area contributed by atoms with Crippen molar-refractivity contribution in [1.29, 1.82) is 0 Å². The summed E-state index contributed by atoms with van der Waals surface area (Å²) >= 11 is 0. The minimum Gasteiger partial charge on any atom is -0.462 e. The molecule has 1 rings (SSSR count).